The molecule has 1 heterocycles. The van der Waals surface area contributed by atoms with Crippen molar-refractivity contribution >= 4 is 11.6 Å². The van der Waals surface area contributed by atoms with Crippen LogP contribution in [0.1, 0.15) is 11.1 Å². The number of benzene rings is 2. The van der Waals surface area contributed by atoms with Crippen LogP contribution in [0.25, 0.3) is 0 Å². The maximum Gasteiger partial charge on any atom is 0.273 e. The van der Waals surface area contributed by atoms with Gasteiger partial charge < -0.3 is 9.30 Å². The fourth-order valence-electron chi connectivity index (χ4n) is 2.28. The van der Waals surface area contributed by atoms with Crippen LogP contribution in [0.15, 0.2) is 77.7 Å². The lowest BCUT2D eigenvalue weighted by Gasteiger charge is -2.11. The van der Waals surface area contributed by atoms with Crippen molar-refractivity contribution in [2.24, 2.45) is 0 Å². The summed E-state index contributed by atoms with van der Waals surface area (Å²) in [7, 11) is 0. The minimum Gasteiger partial charge on any atom is -0.487 e. The summed E-state index contributed by atoms with van der Waals surface area (Å²) >= 11 is 6.17. The van der Waals surface area contributed by atoms with Gasteiger partial charge >= 0.3 is 0 Å². The largest absolute Gasteiger partial charge is 0.487 e. The summed E-state index contributed by atoms with van der Waals surface area (Å²) in [6, 6.07) is 21.3. The number of ether oxygens (including phenoxy) is 1. The molecule has 0 fully saturated rings. The van der Waals surface area contributed by atoms with Crippen LogP contribution in [0, 0.1) is 0 Å². The average molecular weight is 326 g/mol. The van der Waals surface area contributed by atoms with E-state index in [1.165, 1.54) is 0 Å². The third kappa shape index (κ3) is 3.82. The summed E-state index contributed by atoms with van der Waals surface area (Å²) < 4.78 is 7.24. The van der Waals surface area contributed by atoms with E-state index in [9.17, 15) is 4.79 Å². The minimum absolute atomic E-state index is 0.111. The molecule has 0 unspecified atom stereocenters. The quantitative estimate of drug-likeness (QED) is 0.706. The van der Waals surface area contributed by atoms with Crippen molar-refractivity contribution in [3.8, 4) is 5.75 Å². The van der Waals surface area contributed by atoms with Gasteiger partial charge in [-0.3, -0.25) is 4.79 Å². The van der Waals surface area contributed by atoms with E-state index in [1.807, 2.05) is 60.7 Å². The molecule has 0 bridgehead atoms. The van der Waals surface area contributed by atoms with Gasteiger partial charge in [-0.1, -0.05) is 72.3 Å². The van der Waals surface area contributed by atoms with Crippen LogP contribution >= 0.6 is 11.6 Å². The van der Waals surface area contributed by atoms with Crippen LogP contribution in [0.3, 0.4) is 0 Å². The first-order valence-electron chi connectivity index (χ1n) is 7.33. The molecule has 0 aliphatic heterocycles. The number of rotatable bonds is 5. The van der Waals surface area contributed by atoms with Gasteiger partial charge in [-0.15, -0.1) is 0 Å². The molecule has 0 aliphatic rings. The van der Waals surface area contributed by atoms with Crippen LogP contribution < -0.4 is 10.3 Å². The van der Waals surface area contributed by atoms with E-state index in [-0.39, 0.29) is 10.6 Å². The smallest absolute Gasteiger partial charge is 0.273 e. The van der Waals surface area contributed by atoms with E-state index < -0.39 is 0 Å². The molecule has 3 aromatic rings. The first kappa shape index (κ1) is 15.4. The normalized spacial score (nSPS) is 10.5. The highest BCUT2D eigenvalue weighted by Crippen LogP contribution is 2.21. The molecule has 1 aromatic heterocycles. The summed E-state index contributed by atoms with van der Waals surface area (Å²) in [6.45, 7) is 0.862. The molecule has 0 N–H and O–H groups in total. The second kappa shape index (κ2) is 7.16. The van der Waals surface area contributed by atoms with Crippen molar-refractivity contribution in [1.29, 1.82) is 0 Å². The highest BCUT2D eigenvalue weighted by Gasteiger charge is 2.09. The maximum atomic E-state index is 12.4. The Bertz CT molecular complexity index is 829. The van der Waals surface area contributed by atoms with E-state index in [4.69, 9.17) is 16.3 Å². The maximum absolute atomic E-state index is 12.4. The fraction of sp³-hybridized carbons (Fsp3) is 0.105. The van der Waals surface area contributed by atoms with E-state index >= 15 is 0 Å². The third-order valence-electron chi connectivity index (χ3n) is 3.50. The minimum atomic E-state index is -0.249. The van der Waals surface area contributed by atoms with Gasteiger partial charge in [-0.2, -0.15) is 0 Å². The number of halogens is 1. The zero-order chi connectivity index (χ0) is 16.1. The Morgan fingerprint density at radius 2 is 1.48 bits per heavy atom. The molecule has 0 aliphatic carbocycles. The van der Waals surface area contributed by atoms with Gasteiger partial charge in [0.2, 0.25) is 0 Å². The molecule has 116 valence electrons. The Labute approximate surface area is 139 Å². The molecule has 2 aromatic carbocycles. The number of nitrogens with zero attached hydrogens (tertiary/aromatic N) is 1. The second-order valence-corrected chi connectivity index (χ2v) is 5.56. The molecule has 4 heteroatoms. The van der Waals surface area contributed by atoms with Gasteiger partial charge in [0.1, 0.15) is 17.4 Å². The van der Waals surface area contributed by atoms with Crippen LogP contribution in [0.5, 0.6) is 5.75 Å². The summed E-state index contributed by atoms with van der Waals surface area (Å²) in [6.07, 6.45) is 1.71. The Kier molecular flexibility index (Phi) is 4.79. The summed E-state index contributed by atoms with van der Waals surface area (Å²) in [5.41, 5.74) is 1.82. The lowest BCUT2D eigenvalue weighted by Crippen LogP contribution is -2.21. The lowest BCUT2D eigenvalue weighted by molar-refractivity contribution is 0.305. The summed E-state index contributed by atoms with van der Waals surface area (Å²) in [5.74, 6) is 0.407. The van der Waals surface area contributed by atoms with Gasteiger partial charge in [0.05, 0.1) is 6.54 Å². The molecule has 0 atom stereocenters. The van der Waals surface area contributed by atoms with Gasteiger partial charge in [-0.05, 0) is 17.2 Å². The van der Waals surface area contributed by atoms with Crippen LogP contribution in [-0.2, 0) is 13.2 Å². The lowest BCUT2D eigenvalue weighted by atomic mass is 10.2. The average Bonchev–Trinajstić information content (AvgIpc) is 2.60. The topological polar surface area (TPSA) is 31.2 Å². The monoisotopic (exact) mass is 325 g/mol. The van der Waals surface area contributed by atoms with Crippen molar-refractivity contribution in [2.45, 2.75) is 13.2 Å². The summed E-state index contributed by atoms with van der Waals surface area (Å²) in [5, 5.41) is 0.111. The highest BCUT2D eigenvalue weighted by atomic mass is 35.5. The number of pyridine rings is 1. The molecule has 0 saturated heterocycles. The van der Waals surface area contributed by atoms with Crippen LogP contribution in [0.4, 0.5) is 0 Å². The standard InChI is InChI=1S/C19H16ClNO2/c20-18-17(23-14-16-9-5-2-6-10-16)11-12-21(19(18)22)13-15-7-3-1-4-8-15/h1-12H,13-14H2. The molecular weight excluding hydrogens is 310 g/mol. The van der Waals surface area contributed by atoms with Gasteiger partial charge in [0, 0.05) is 6.20 Å². The van der Waals surface area contributed by atoms with Gasteiger partial charge in [-0.25, -0.2) is 0 Å². The molecular formula is C19H16ClNO2. The molecule has 0 saturated carbocycles. The number of hydrogen-bond donors (Lipinski definition) is 0. The molecule has 3 nitrogen and oxygen atoms in total. The molecule has 3 rings (SSSR count). The third-order valence-corrected chi connectivity index (χ3v) is 3.85. The van der Waals surface area contributed by atoms with E-state index in [0.717, 1.165) is 11.1 Å². The second-order valence-electron chi connectivity index (χ2n) is 5.19. The van der Waals surface area contributed by atoms with Crippen LogP contribution in [-0.4, -0.2) is 4.57 Å². The van der Waals surface area contributed by atoms with E-state index in [2.05, 4.69) is 0 Å². The molecule has 23 heavy (non-hydrogen) atoms. The Morgan fingerprint density at radius 3 is 2.13 bits per heavy atom. The van der Waals surface area contributed by atoms with Crippen molar-refractivity contribution in [3.63, 3.8) is 0 Å². The molecule has 0 spiro atoms. The Balaban J connectivity index is 1.76. The van der Waals surface area contributed by atoms with E-state index in [0.29, 0.717) is 18.9 Å². The zero-order valence-electron chi connectivity index (χ0n) is 12.5. The molecule has 0 radical (unpaired) electrons. The summed E-state index contributed by atoms with van der Waals surface area (Å²) in [4.78, 5) is 12.4. The first-order chi connectivity index (χ1) is 11.2. The van der Waals surface area contributed by atoms with Gasteiger partial charge in [0.15, 0.2) is 0 Å². The van der Waals surface area contributed by atoms with Gasteiger partial charge in [0.25, 0.3) is 5.56 Å². The van der Waals surface area contributed by atoms with Crippen LogP contribution in [0.2, 0.25) is 5.02 Å². The van der Waals surface area contributed by atoms with E-state index in [1.54, 1.807) is 16.8 Å². The van der Waals surface area contributed by atoms with Crippen molar-refractivity contribution < 1.29 is 4.74 Å². The zero-order valence-corrected chi connectivity index (χ0v) is 13.2. The SMILES string of the molecule is O=c1c(Cl)c(OCc2ccccc2)ccn1Cc1ccccc1. The highest BCUT2D eigenvalue weighted by molar-refractivity contribution is 6.31. The first-order valence-corrected chi connectivity index (χ1v) is 7.71. The Hall–Kier alpha value is -2.52. The van der Waals surface area contributed by atoms with Crippen molar-refractivity contribution in [2.75, 3.05) is 0 Å². The predicted octanol–water partition coefficient (Wildman–Crippen LogP) is 4.13. The van der Waals surface area contributed by atoms with Crippen molar-refractivity contribution in [1.82, 2.24) is 4.57 Å². The molecule has 0 amide bonds. The Morgan fingerprint density at radius 1 is 0.870 bits per heavy atom. The predicted molar refractivity (Wildman–Crippen MR) is 92.0 cm³/mol. The number of hydrogen-bond acceptors (Lipinski definition) is 2. The number of aromatic nitrogens is 1. The fourth-order valence-corrected chi connectivity index (χ4v) is 2.51. The van der Waals surface area contributed by atoms with Crippen molar-refractivity contribution in [3.05, 3.63) is 99.4 Å².